The van der Waals surface area contributed by atoms with Crippen LogP contribution in [0.1, 0.15) is 37.5 Å². The molecule has 0 saturated carbocycles. The number of benzene rings is 2. The molecular weight excluding hydrogens is 388 g/mol. The number of methoxy groups -OCH3 is 1. The van der Waals surface area contributed by atoms with Crippen molar-refractivity contribution in [3.05, 3.63) is 53.1 Å². The van der Waals surface area contributed by atoms with E-state index < -0.39 is 15.6 Å². The molecule has 2 rings (SSSR count). The summed E-state index contributed by atoms with van der Waals surface area (Å²) in [6.07, 6.45) is 0. The molecule has 0 bridgehead atoms. The number of hydrogen-bond donors (Lipinski definition) is 1. The van der Waals surface area contributed by atoms with Crippen molar-refractivity contribution in [2.45, 2.75) is 52.0 Å². The second-order valence-electron chi connectivity index (χ2n) is 8.31. The van der Waals surface area contributed by atoms with Crippen molar-refractivity contribution in [1.29, 1.82) is 0 Å². The highest BCUT2D eigenvalue weighted by atomic mass is 32.2. The fourth-order valence-corrected chi connectivity index (χ4v) is 4.75. The molecule has 7 heteroatoms. The predicted molar refractivity (Wildman–Crippen MR) is 116 cm³/mol. The SMILES string of the molecule is COc1ccc(C)cc1S(=O)(=O)N(CC(=O)NC(C)(C)C)c1cc(C)cc(C)c1. The topological polar surface area (TPSA) is 75.7 Å². The Bertz CT molecular complexity index is 988. The Morgan fingerprint density at radius 3 is 2.10 bits per heavy atom. The molecule has 0 aliphatic carbocycles. The number of nitrogens with zero attached hydrogens (tertiary/aromatic N) is 1. The van der Waals surface area contributed by atoms with E-state index in [4.69, 9.17) is 4.74 Å². The molecule has 29 heavy (non-hydrogen) atoms. The lowest BCUT2D eigenvalue weighted by atomic mass is 10.1. The summed E-state index contributed by atoms with van der Waals surface area (Å²) >= 11 is 0. The zero-order valence-electron chi connectivity index (χ0n) is 18.2. The minimum Gasteiger partial charge on any atom is -0.495 e. The Labute approximate surface area is 173 Å². The molecule has 0 aliphatic heterocycles. The molecule has 0 radical (unpaired) electrons. The van der Waals surface area contributed by atoms with Gasteiger partial charge in [-0.05, 0) is 82.5 Å². The summed E-state index contributed by atoms with van der Waals surface area (Å²) in [7, 11) is -2.63. The van der Waals surface area contributed by atoms with Crippen molar-refractivity contribution >= 4 is 21.6 Å². The summed E-state index contributed by atoms with van der Waals surface area (Å²) in [4.78, 5) is 12.7. The van der Waals surface area contributed by atoms with Crippen LogP contribution in [0, 0.1) is 20.8 Å². The number of carbonyl (C=O) groups excluding carboxylic acids is 1. The molecule has 1 N–H and O–H groups in total. The van der Waals surface area contributed by atoms with Gasteiger partial charge < -0.3 is 10.1 Å². The van der Waals surface area contributed by atoms with Crippen molar-refractivity contribution in [3.8, 4) is 5.75 Å². The Kier molecular flexibility index (Phi) is 6.63. The van der Waals surface area contributed by atoms with Crippen LogP contribution in [0.3, 0.4) is 0 Å². The number of ether oxygens (including phenoxy) is 1. The maximum atomic E-state index is 13.7. The molecule has 6 nitrogen and oxygen atoms in total. The second kappa shape index (κ2) is 8.45. The van der Waals surface area contributed by atoms with Crippen LogP contribution in [0.2, 0.25) is 0 Å². The maximum Gasteiger partial charge on any atom is 0.268 e. The standard InChI is InChI=1S/C22H30N2O4S/c1-15-8-9-19(28-7)20(13-15)29(26,27)24(14-21(25)23-22(4,5)6)18-11-16(2)10-17(3)12-18/h8-13H,14H2,1-7H3,(H,23,25). The van der Waals surface area contributed by atoms with Crippen LogP contribution in [0.15, 0.2) is 41.3 Å². The molecule has 0 unspecified atom stereocenters. The molecule has 0 spiro atoms. The molecule has 0 aromatic heterocycles. The van der Waals surface area contributed by atoms with Gasteiger partial charge in [-0.15, -0.1) is 0 Å². The lowest BCUT2D eigenvalue weighted by Crippen LogP contribution is -2.47. The van der Waals surface area contributed by atoms with Crippen molar-refractivity contribution in [3.63, 3.8) is 0 Å². The van der Waals surface area contributed by atoms with Crippen molar-refractivity contribution in [2.24, 2.45) is 0 Å². The van der Waals surface area contributed by atoms with Crippen LogP contribution in [0.4, 0.5) is 5.69 Å². The highest BCUT2D eigenvalue weighted by Gasteiger charge is 2.31. The molecule has 1 amide bonds. The van der Waals surface area contributed by atoms with E-state index in [-0.39, 0.29) is 23.1 Å². The van der Waals surface area contributed by atoms with E-state index in [1.807, 2.05) is 47.6 Å². The molecule has 0 fully saturated rings. The first kappa shape index (κ1) is 22.7. The summed E-state index contributed by atoms with van der Waals surface area (Å²) in [6, 6.07) is 10.4. The summed E-state index contributed by atoms with van der Waals surface area (Å²) in [5, 5.41) is 2.84. The van der Waals surface area contributed by atoms with Gasteiger partial charge in [0.1, 0.15) is 17.2 Å². The van der Waals surface area contributed by atoms with Crippen LogP contribution >= 0.6 is 0 Å². The molecule has 0 saturated heterocycles. The first-order valence-electron chi connectivity index (χ1n) is 9.40. The van der Waals surface area contributed by atoms with Gasteiger partial charge >= 0.3 is 0 Å². The normalized spacial score (nSPS) is 11.8. The fourth-order valence-electron chi connectivity index (χ4n) is 3.10. The zero-order chi connectivity index (χ0) is 22.0. The second-order valence-corrected chi connectivity index (χ2v) is 10.1. The lowest BCUT2D eigenvalue weighted by molar-refractivity contribution is -0.121. The largest absolute Gasteiger partial charge is 0.495 e. The Morgan fingerprint density at radius 1 is 1.00 bits per heavy atom. The first-order valence-corrected chi connectivity index (χ1v) is 10.8. The molecule has 0 atom stereocenters. The number of nitrogens with one attached hydrogen (secondary N) is 1. The average molecular weight is 419 g/mol. The van der Waals surface area contributed by atoms with Gasteiger partial charge in [0.2, 0.25) is 5.91 Å². The third kappa shape index (κ3) is 5.73. The minimum atomic E-state index is -4.06. The fraction of sp³-hybridized carbons (Fsp3) is 0.409. The third-order valence-corrected chi connectivity index (χ3v) is 5.98. The van der Waals surface area contributed by atoms with E-state index in [1.165, 1.54) is 7.11 Å². The van der Waals surface area contributed by atoms with Crippen LogP contribution in [-0.4, -0.2) is 33.5 Å². The number of hydrogen-bond acceptors (Lipinski definition) is 4. The molecular formula is C22H30N2O4S. The van der Waals surface area contributed by atoms with Gasteiger partial charge in [-0.1, -0.05) is 12.1 Å². The van der Waals surface area contributed by atoms with Gasteiger partial charge in [0.15, 0.2) is 0 Å². The Hall–Kier alpha value is -2.54. The highest BCUT2D eigenvalue weighted by molar-refractivity contribution is 7.93. The first-order chi connectivity index (χ1) is 13.3. The number of carbonyl (C=O) groups is 1. The van der Waals surface area contributed by atoms with E-state index in [9.17, 15) is 13.2 Å². The van der Waals surface area contributed by atoms with Crippen LogP contribution < -0.4 is 14.4 Å². The van der Waals surface area contributed by atoms with Gasteiger partial charge in [-0.3, -0.25) is 9.10 Å². The summed E-state index contributed by atoms with van der Waals surface area (Å²) in [5.41, 5.74) is 2.56. The van der Waals surface area contributed by atoms with Crippen molar-refractivity contribution in [2.75, 3.05) is 18.0 Å². The number of rotatable bonds is 6. The van der Waals surface area contributed by atoms with Crippen molar-refractivity contribution < 1.29 is 17.9 Å². The van der Waals surface area contributed by atoms with E-state index in [0.29, 0.717) is 5.69 Å². The van der Waals surface area contributed by atoms with Gasteiger partial charge in [-0.2, -0.15) is 0 Å². The quantitative estimate of drug-likeness (QED) is 0.776. The summed E-state index contributed by atoms with van der Waals surface area (Å²) in [6.45, 7) is 10.8. The van der Waals surface area contributed by atoms with Crippen molar-refractivity contribution in [1.82, 2.24) is 5.32 Å². The number of sulfonamides is 1. The van der Waals surface area contributed by atoms with Crippen LogP contribution in [0.25, 0.3) is 0 Å². The molecule has 2 aromatic carbocycles. The highest BCUT2D eigenvalue weighted by Crippen LogP contribution is 2.31. The smallest absolute Gasteiger partial charge is 0.268 e. The van der Waals surface area contributed by atoms with Crippen LogP contribution in [-0.2, 0) is 14.8 Å². The van der Waals surface area contributed by atoms with Gasteiger partial charge in [0.25, 0.3) is 10.0 Å². The van der Waals surface area contributed by atoms with E-state index in [2.05, 4.69) is 5.32 Å². The molecule has 2 aromatic rings. The maximum absolute atomic E-state index is 13.7. The minimum absolute atomic E-state index is 0.0303. The van der Waals surface area contributed by atoms with Gasteiger partial charge in [-0.25, -0.2) is 8.42 Å². The lowest BCUT2D eigenvalue weighted by Gasteiger charge is -2.28. The van der Waals surface area contributed by atoms with E-state index >= 15 is 0 Å². The predicted octanol–water partition coefficient (Wildman–Crippen LogP) is 3.73. The van der Waals surface area contributed by atoms with Gasteiger partial charge in [0, 0.05) is 5.54 Å². The zero-order valence-corrected chi connectivity index (χ0v) is 19.0. The number of amides is 1. The molecule has 158 valence electrons. The summed E-state index contributed by atoms with van der Waals surface area (Å²) in [5.74, 6) is -0.145. The third-order valence-electron chi connectivity index (χ3n) is 4.18. The van der Waals surface area contributed by atoms with Gasteiger partial charge in [0.05, 0.1) is 12.8 Å². The molecule has 0 aliphatic rings. The molecule has 0 heterocycles. The van der Waals surface area contributed by atoms with Crippen LogP contribution in [0.5, 0.6) is 5.75 Å². The monoisotopic (exact) mass is 418 g/mol. The number of aryl methyl sites for hydroxylation is 3. The Morgan fingerprint density at radius 2 is 1.59 bits per heavy atom. The Balaban J connectivity index is 2.63. The average Bonchev–Trinajstić information content (AvgIpc) is 2.57. The van der Waals surface area contributed by atoms with E-state index in [0.717, 1.165) is 21.0 Å². The number of anilines is 1. The summed E-state index contributed by atoms with van der Waals surface area (Å²) < 4.78 is 33.8. The van der Waals surface area contributed by atoms with E-state index in [1.54, 1.807) is 30.3 Å².